The van der Waals surface area contributed by atoms with Gasteiger partial charge in [0.1, 0.15) is 5.75 Å². The first kappa shape index (κ1) is 18.7. The molecular weight excluding hydrogens is 372 g/mol. The van der Waals surface area contributed by atoms with Gasteiger partial charge in [-0.25, -0.2) is 0 Å². The number of phenolic OH excluding ortho intramolecular Hbond substituents is 1. The Labute approximate surface area is 168 Å². The fourth-order valence-corrected chi connectivity index (χ4v) is 4.78. The van der Waals surface area contributed by atoms with E-state index < -0.39 is 0 Å². The lowest BCUT2D eigenvalue weighted by Gasteiger charge is -2.24. The molecule has 1 amide bonds. The van der Waals surface area contributed by atoms with Gasteiger partial charge in [-0.05, 0) is 37.6 Å². The lowest BCUT2D eigenvalue weighted by Crippen LogP contribution is -2.22. The molecule has 0 aliphatic carbocycles. The highest BCUT2D eigenvalue weighted by atomic mass is 32.1. The number of likely N-dealkylation sites (tertiary alicyclic amines) is 1. The second-order valence-corrected chi connectivity index (χ2v) is 8.28. The maximum absolute atomic E-state index is 12.5. The molecular formula is C21H24N4O2S. The molecule has 3 aromatic rings. The number of nitrogens with zero attached hydrogens (tertiary/aromatic N) is 3. The van der Waals surface area contributed by atoms with Gasteiger partial charge in [0.25, 0.3) is 5.91 Å². The predicted octanol–water partition coefficient (Wildman–Crippen LogP) is 3.45. The van der Waals surface area contributed by atoms with Crippen LogP contribution in [0.2, 0.25) is 0 Å². The van der Waals surface area contributed by atoms with Crippen molar-refractivity contribution in [3.63, 3.8) is 0 Å². The van der Waals surface area contributed by atoms with E-state index in [1.54, 1.807) is 28.3 Å². The molecule has 1 fully saturated rings. The van der Waals surface area contributed by atoms with Gasteiger partial charge in [0.2, 0.25) is 0 Å². The number of thiophene rings is 1. The molecule has 4 rings (SSSR count). The average molecular weight is 397 g/mol. The maximum atomic E-state index is 12.5. The van der Waals surface area contributed by atoms with Crippen LogP contribution in [0.1, 0.15) is 44.6 Å². The number of amides is 1. The summed E-state index contributed by atoms with van der Waals surface area (Å²) < 4.78 is 1.73. The summed E-state index contributed by atoms with van der Waals surface area (Å²) in [6.07, 6.45) is 5.86. The lowest BCUT2D eigenvalue weighted by molar-refractivity contribution is 0.0955. The van der Waals surface area contributed by atoms with Crippen LogP contribution in [-0.4, -0.2) is 32.2 Å². The standard InChI is InChI=1S/C21H24N4O2S/c1-24-13-15(12-23-24)11-22-21(27)20-9-8-19(28-20)17-6-4-10-25(17)14-16-5-2-3-7-18(16)26/h2-3,5,7-9,12-13,17,26H,4,6,10-11,14H2,1H3,(H,22,27)/t17-/m1/s1. The minimum absolute atomic E-state index is 0.0506. The number of carbonyl (C=O) groups excluding carboxylic acids is 1. The summed E-state index contributed by atoms with van der Waals surface area (Å²) in [7, 11) is 1.86. The summed E-state index contributed by atoms with van der Waals surface area (Å²) in [6.45, 7) is 2.19. The number of phenols is 1. The van der Waals surface area contributed by atoms with Gasteiger partial charge < -0.3 is 10.4 Å². The van der Waals surface area contributed by atoms with Crippen LogP contribution < -0.4 is 5.32 Å². The molecule has 0 saturated carbocycles. The fourth-order valence-electron chi connectivity index (χ4n) is 3.69. The summed E-state index contributed by atoms with van der Waals surface area (Å²) in [5.74, 6) is 0.292. The first-order valence-corrected chi connectivity index (χ1v) is 10.3. The van der Waals surface area contributed by atoms with E-state index in [0.29, 0.717) is 18.3 Å². The SMILES string of the molecule is Cn1cc(CNC(=O)c2ccc([C@H]3CCCN3Cc3ccccc3O)s2)cn1. The average Bonchev–Trinajstić information content (AvgIpc) is 3.42. The molecule has 3 heterocycles. The normalized spacial score (nSPS) is 17.1. The minimum atomic E-state index is -0.0506. The monoisotopic (exact) mass is 396 g/mol. The molecule has 146 valence electrons. The highest BCUT2D eigenvalue weighted by Crippen LogP contribution is 2.37. The third-order valence-corrected chi connectivity index (χ3v) is 6.30. The third kappa shape index (κ3) is 4.10. The van der Waals surface area contributed by atoms with E-state index in [9.17, 15) is 9.90 Å². The number of rotatable bonds is 6. The molecule has 0 radical (unpaired) electrons. The zero-order valence-corrected chi connectivity index (χ0v) is 16.7. The number of aryl methyl sites for hydroxylation is 1. The topological polar surface area (TPSA) is 70.4 Å². The van der Waals surface area contributed by atoms with Crippen LogP contribution in [0, 0.1) is 0 Å². The van der Waals surface area contributed by atoms with Crippen molar-refractivity contribution in [1.29, 1.82) is 0 Å². The molecule has 0 bridgehead atoms. The van der Waals surface area contributed by atoms with Crippen molar-refractivity contribution in [2.45, 2.75) is 32.0 Å². The number of carbonyl (C=O) groups is 1. The van der Waals surface area contributed by atoms with Crippen LogP contribution in [0.5, 0.6) is 5.75 Å². The smallest absolute Gasteiger partial charge is 0.261 e. The van der Waals surface area contributed by atoms with E-state index in [2.05, 4.69) is 21.4 Å². The van der Waals surface area contributed by atoms with Crippen LogP contribution in [0.25, 0.3) is 0 Å². The van der Waals surface area contributed by atoms with Gasteiger partial charge in [-0.2, -0.15) is 5.10 Å². The van der Waals surface area contributed by atoms with Crippen molar-refractivity contribution < 1.29 is 9.90 Å². The zero-order valence-electron chi connectivity index (χ0n) is 15.8. The quantitative estimate of drug-likeness (QED) is 0.670. The molecule has 1 atom stereocenters. The molecule has 0 spiro atoms. The lowest BCUT2D eigenvalue weighted by atomic mass is 10.1. The molecule has 0 unspecified atom stereocenters. The van der Waals surface area contributed by atoms with Crippen molar-refractivity contribution >= 4 is 17.2 Å². The first-order valence-electron chi connectivity index (χ1n) is 9.46. The second-order valence-electron chi connectivity index (χ2n) is 7.16. The van der Waals surface area contributed by atoms with Gasteiger partial charge in [0.15, 0.2) is 0 Å². The number of benzene rings is 1. The number of nitrogens with one attached hydrogen (secondary N) is 1. The second kappa shape index (κ2) is 8.16. The number of aromatic hydroxyl groups is 1. The van der Waals surface area contributed by atoms with Gasteiger partial charge in [-0.1, -0.05) is 18.2 Å². The zero-order chi connectivity index (χ0) is 19.5. The summed E-state index contributed by atoms with van der Waals surface area (Å²) in [4.78, 5) is 16.8. The molecule has 2 aromatic heterocycles. The number of aromatic nitrogens is 2. The Balaban J connectivity index is 1.41. The van der Waals surface area contributed by atoms with Crippen molar-refractivity contribution in [1.82, 2.24) is 20.0 Å². The molecule has 1 aromatic carbocycles. The molecule has 7 heteroatoms. The number of para-hydroxylation sites is 1. The van der Waals surface area contributed by atoms with Crippen LogP contribution in [0.4, 0.5) is 0 Å². The van der Waals surface area contributed by atoms with E-state index in [-0.39, 0.29) is 5.91 Å². The maximum Gasteiger partial charge on any atom is 0.261 e. The summed E-state index contributed by atoms with van der Waals surface area (Å²) in [5.41, 5.74) is 1.93. The van der Waals surface area contributed by atoms with Crippen molar-refractivity contribution in [2.24, 2.45) is 7.05 Å². The third-order valence-electron chi connectivity index (χ3n) is 5.12. The Hall–Kier alpha value is -2.64. The minimum Gasteiger partial charge on any atom is -0.508 e. The van der Waals surface area contributed by atoms with E-state index in [0.717, 1.165) is 41.9 Å². The van der Waals surface area contributed by atoms with E-state index in [4.69, 9.17) is 0 Å². The molecule has 1 aliphatic heterocycles. The Morgan fingerprint density at radius 2 is 2.18 bits per heavy atom. The fraction of sp³-hybridized carbons (Fsp3) is 0.333. The first-order chi connectivity index (χ1) is 13.6. The van der Waals surface area contributed by atoms with Crippen LogP contribution in [-0.2, 0) is 20.1 Å². The Bertz CT molecular complexity index is 965. The number of hydrogen-bond donors (Lipinski definition) is 2. The van der Waals surface area contributed by atoms with Crippen molar-refractivity contribution in [2.75, 3.05) is 6.54 Å². The number of hydrogen-bond acceptors (Lipinski definition) is 5. The molecule has 2 N–H and O–H groups in total. The molecule has 6 nitrogen and oxygen atoms in total. The van der Waals surface area contributed by atoms with Crippen LogP contribution in [0.3, 0.4) is 0 Å². The highest BCUT2D eigenvalue weighted by molar-refractivity contribution is 7.14. The van der Waals surface area contributed by atoms with Gasteiger partial charge >= 0.3 is 0 Å². The Kier molecular flexibility index (Phi) is 5.45. The van der Waals surface area contributed by atoms with Crippen molar-refractivity contribution in [3.8, 4) is 5.75 Å². The van der Waals surface area contributed by atoms with Gasteiger partial charge in [-0.15, -0.1) is 11.3 Å². The summed E-state index contributed by atoms with van der Waals surface area (Å²) in [5, 5.41) is 17.2. The van der Waals surface area contributed by atoms with Crippen LogP contribution >= 0.6 is 11.3 Å². The van der Waals surface area contributed by atoms with Crippen molar-refractivity contribution in [3.05, 3.63) is 69.7 Å². The van der Waals surface area contributed by atoms with Crippen LogP contribution in [0.15, 0.2) is 48.8 Å². The largest absolute Gasteiger partial charge is 0.508 e. The molecule has 28 heavy (non-hydrogen) atoms. The van der Waals surface area contributed by atoms with E-state index in [1.807, 2.05) is 37.5 Å². The molecule has 1 aliphatic rings. The molecule has 1 saturated heterocycles. The van der Waals surface area contributed by atoms with Gasteiger partial charge in [-0.3, -0.25) is 14.4 Å². The van der Waals surface area contributed by atoms with Gasteiger partial charge in [0.05, 0.1) is 11.1 Å². The Morgan fingerprint density at radius 1 is 1.32 bits per heavy atom. The predicted molar refractivity (Wildman–Crippen MR) is 109 cm³/mol. The summed E-state index contributed by atoms with van der Waals surface area (Å²) >= 11 is 1.56. The van der Waals surface area contributed by atoms with Gasteiger partial charge in [0, 0.05) is 48.4 Å². The summed E-state index contributed by atoms with van der Waals surface area (Å²) in [6, 6.07) is 11.8. The van der Waals surface area contributed by atoms with E-state index in [1.165, 1.54) is 4.88 Å². The highest BCUT2D eigenvalue weighted by Gasteiger charge is 2.28. The van der Waals surface area contributed by atoms with E-state index >= 15 is 0 Å². The Morgan fingerprint density at radius 3 is 2.96 bits per heavy atom.